The first-order valence-electron chi connectivity index (χ1n) is 12.6. The molecule has 2 nitrogen and oxygen atoms in total. The second-order valence-electron chi connectivity index (χ2n) is 9.71. The van der Waals surface area contributed by atoms with Crippen molar-refractivity contribution < 1.29 is 27.0 Å². The van der Waals surface area contributed by atoms with Crippen LogP contribution in [0, 0.1) is 24.5 Å². The zero-order valence-electron chi connectivity index (χ0n) is 20.7. The minimum atomic E-state index is -3.72. The molecule has 0 aliphatic heterocycles. The number of hydrogen-bond acceptors (Lipinski definition) is 2. The van der Waals surface area contributed by atoms with E-state index in [1.54, 1.807) is 24.3 Å². The van der Waals surface area contributed by atoms with E-state index in [2.05, 4.69) is 6.92 Å². The summed E-state index contributed by atoms with van der Waals surface area (Å²) in [5.74, 6) is -1.84. The number of benzene rings is 3. The molecule has 0 aromatic heterocycles. The average molecular weight is 501 g/mol. The summed E-state index contributed by atoms with van der Waals surface area (Å²) in [6.45, 7) is 2.84. The maximum absolute atomic E-state index is 14.6. The van der Waals surface area contributed by atoms with Gasteiger partial charge < -0.3 is 9.47 Å². The van der Waals surface area contributed by atoms with Crippen LogP contribution in [0.15, 0.2) is 60.7 Å². The van der Waals surface area contributed by atoms with Crippen LogP contribution >= 0.6 is 0 Å². The quantitative estimate of drug-likeness (QED) is 0.273. The van der Waals surface area contributed by atoms with Gasteiger partial charge in [-0.05, 0) is 79.8 Å². The monoisotopic (exact) mass is 500 g/mol. The van der Waals surface area contributed by atoms with E-state index in [0.717, 1.165) is 36.0 Å². The fourth-order valence-corrected chi connectivity index (χ4v) is 4.96. The molecular formula is C30H32F4O2. The van der Waals surface area contributed by atoms with Gasteiger partial charge in [-0.15, -0.1) is 0 Å². The highest BCUT2D eigenvalue weighted by molar-refractivity contribution is 5.65. The minimum absolute atomic E-state index is 0.00612. The van der Waals surface area contributed by atoms with E-state index >= 15 is 0 Å². The molecule has 0 saturated heterocycles. The van der Waals surface area contributed by atoms with Gasteiger partial charge in [-0.3, -0.25) is 0 Å². The van der Waals surface area contributed by atoms with Crippen molar-refractivity contribution in [2.24, 2.45) is 5.92 Å². The van der Waals surface area contributed by atoms with Crippen LogP contribution < -0.4 is 9.47 Å². The SMILES string of the molecule is CCCC1CCC(c2ccc(OC(F)(F)COc3ccc(-c4ccc(C)cc4)c(F)c3F)cc2)CC1. The molecule has 4 rings (SSSR count). The Morgan fingerprint density at radius 2 is 1.50 bits per heavy atom. The zero-order chi connectivity index (χ0) is 25.7. The lowest BCUT2D eigenvalue weighted by molar-refractivity contribution is -0.195. The predicted molar refractivity (Wildman–Crippen MR) is 134 cm³/mol. The topological polar surface area (TPSA) is 18.5 Å². The van der Waals surface area contributed by atoms with Crippen molar-refractivity contribution >= 4 is 0 Å². The largest absolute Gasteiger partial charge is 0.480 e. The lowest BCUT2D eigenvalue weighted by atomic mass is 9.77. The molecular weight excluding hydrogens is 468 g/mol. The highest BCUT2D eigenvalue weighted by atomic mass is 19.3. The summed E-state index contributed by atoms with van der Waals surface area (Å²) in [6.07, 6.45) is 3.38. The van der Waals surface area contributed by atoms with Crippen LogP contribution in [-0.2, 0) is 0 Å². The van der Waals surface area contributed by atoms with E-state index in [4.69, 9.17) is 9.47 Å². The molecule has 192 valence electrons. The fourth-order valence-electron chi connectivity index (χ4n) is 4.96. The van der Waals surface area contributed by atoms with Gasteiger partial charge in [-0.25, -0.2) is 4.39 Å². The Morgan fingerprint density at radius 1 is 0.833 bits per heavy atom. The first-order chi connectivity index (χ1) is 17.3. The van der Waals surface area contributed by atoms with Crippen molar-refractivity contribution in [1.82, 2.24) is 0 Å². The lowest BCUT2D eigenvalue weighted by Crippen LogP contribution is -2.32. The summed E-state index contributed by atoms with van der Waals surface area (Å²) in [7, 11) is 0. The Balaban J connectivity index is 1.34. The standard InChI is InChI=1S/C30H32F4O2/c1-3-4-21-7-11-22(12-8-21)23-13-15-25(16-14-23)36-30(33,34)19-35-27-18-17-26(28(31)29(27)32)24-9-5-20(2)6-10-24/h5-6,9-10,13-18,21-22H,3-4,7-8,11-12,19H2,1-2H3. The molecule has 1 aliphatic carbocycles. The van der Waals surface area contributed by atoms with Crippen LogP contribution in [0.2, 0.25) is 0 Å². The third-order valence-electron chi connectivity index (χ3n) is 6.97. The van der Waals surface area contributed by atoms with Gasteiger partial charge in [0, 0.05) is 5.56 Å². The molecule has 0 bridgehead atoms. The molecule has 0 unspecified atom stereocenters. The molecule has 6 heteroatoms. The highest BCUT2D eigenvalue weighted by Gasteiger charge is 2.34. The van der Waals surface area contributed by atoms with Crippen LogP contribution in [0.25, 0.3) is 11.1 Å². The fraction of sp³-hybridized carbons (Fsp3) is 0.400. The van der Waals surface area contributed by atoms with Gasteiger partial charge in [0.2, 0.25) is 5.82 Å². The van der Waals surface area contributed by atoms with E-state index in [-0.39, 0.29) is 11.3 Å². The number of ether oxygens (including phenoxy) is 2. The molecule has 0 amide bonds. The van der Waals surface area contributed by atoms with Crippen LogP contribution in [0.1, 0.15) is 62.5 Å². The van der Waals surface area contributed by atoms with Crippen molar-refractivity contribution in [3.8, 4) is 22.6 Å². The minimum Gasteiger partial charge on any atom is -0.480 e. The zero-order valence-corrected chi connectivity index (χ0v) is 20.7. The second-order valence-corrected chi connectivity index (χ2v) is 9.71. The van der Waals surface area contributed by atoms with Crippen LogP contribution in [0.5, 0.6) is 11.5 Å². The smallest absolute Gasteiger partial charge is 0.432 e. The van der Waals surface area contributed by atoms with Gasteiger partial charge in [-0.1, -0.05) is 61.7 Å². The van der Waals surface area contributed by atoms with E-state index < -0.39 is 30.1 Å². The predicted octanol–water partition coefficient (Wildman–Crippen LogP) is 9.06. The average Bonchev–Trinajstić information content (AvgIpc) is 2.87. The highest BCUT2D eigenvalue weighted by Crippen LogP contribution is 2.38. The second kappa shape index (κ2) is 11.4. The van der Waals surface area contributed by atoms with Gasteiger partial charge in [0.1, 0.15) is 5.75 Å². The van der Waals surface area contributed by atoms with E-state index in [0.29, 0.717) is 11.5 Å². The normalized spacial score (nSPS) is 18.2. The Hall–Kier alpha value is -3.02. The summed E-state index contributed by atoms with van der Waals surface area (Å²) in [4.78, 5) is 0. The van der Waals surface area contributed by atoms with Crippen molar-refractivity contribution in [3.63, 3.8) is 0 Å². The molecule has 1 saturated carbocycles. The van der Waals surface area contributed by atoms with Crippen molar-refractivity contribution in [3.05, 3.63) is 83.4 Å². The number of rotatable bonds is 9. The summed E-state index contributed by atoms with van der Waals surface area (Å²) >= 11 is 0. The molecule has 1 aliphatic rings. The number of halogens is 4. The first kappa shape index (κ1) is 26.1. The van der Waals surface area contributed by atoms with Crippen LogP contribution in [0.3, 0.4) is 0 Å². The number of aryl methyl sites for hydroxylation is 1. The Kier molecular flexibility index (Phi) is 8.22. The first-order valence-corrected chi connectivity index (χ1v) is 12.6. The summed E-state index contributed by atoms with van der Waals surface area (Å²) < 4.78 is 67.7. The molecule has 0 heterocycles. The van der Waals surface area contributed by atoms with Crippen molar-refractivity contribution in [1.29, 1.82) is 0 Å². The maximum atomic E-state index is 14.6. The van der Waals surface area contributed by atoms with Crippen molar-refractivity contribution in [2.75, 3.05) is 6.61 Å². The molecule has 1 fully saturated rings. The number of hydrogen-bond donors (Lipinski definition) is 0. The van der Waals surface area contributed by atoms with Crippen LogP contribution in [-0.4, -0.2) is 12.7 Å². The molecule has 36 heavy (non-hydrogen) atoms. The Morgan fingerprint density at radius 3 is 2.14 bits per heavy atom. The summed E-state index contributed by atoms with van der Waals surface area (Å²) in [6, 6.07) is 16.1. The van der Waals surface area contributed by atoms with Gasteiger partial charge in [0.05, 0.1) is 0 Å². The summed E-state index contributed by atoms with van der Waals surface area (Å²) in [5, 5.41) is 0. The molecule has 0 atom stereocenters. The van der Waals surface area contributed by atoms with Crippen LogP contribution in [0.4, 0.5) is 17.6 Å². The van der Waals surface area contributed by atoms with E-state index in [1.165, 1.54) is 43.9 Å². The van der Waals surface area contributed by atoms with E-state index in [1.807, 2.05) is 19.1 Å². The van der Waals surface area contributed by atoms with Crippen molar-refractivity contribution in [2.45, 2.75) is 64.4 Å². The molecule has 0 spiro atoms. The van der Waals surface area contributed by atoms with Gasteiger partial charge in [0.15, 0.2) is 18.2 Å². The third kappa shape index (κ3) is 6.40. The van der Waals surface area contributed by atoms with E-state index in [9.17, 15) is 17.6 Å². The summed E-state index contributed by atoms with van der Waals surface area (Å²) in [5.41, 5.74) is 2.62. The van der Waals surface area contributed by atoms with Gasteiger partial charge in [-0.2, -0.15) is 13.2 Å². The molecule has 0 N–H and O–H groups in total. The molecule has 0 radical (unpaired) electrons. The van der Waals surface area contributed by atoms with Gasteiger partial charge in [0.25, 0.3) is 0 Å². The number of alkyl halides is 2. The lowest BCUT2D eigenvalue weighted by Gasteiger charge is -2.28. The molecule has 3 aromatic rings. The third-order valence-corrected chi connectivity index (χ3v) is 6.97. The maximum Gasteiger partial charge on any atom is 0.432 e. The molecule has 3 aromatic carbocycles. The Bertz CT molecular complexity index is 1130. The Labute approximate surface area is 210 Å². The van der Waals surface area contributed by atoms with Gasteiger partial charge >= 0.3 is 6.11 Å².